The van der Waals surface area contributed by atoms with Gasteiger partial charge in [0.15, 0.2) is 5.82 Å². The number of pyridine rings is 1. The summed E-state index contributed by atoms with van der Waals surface area (Å²) in [6, 6.07) is 2.86. The molecule has 0 unspecified atom stereocenters. The molecule has 0 aliphatic heterocycles. The van der Waals surface area contributed by atoms with Crippen LogP contribution in [0.1, 0.15) is 31.7 Å². The second-order valence-electron chi connectivity index (χ2n) is 4.13. The third-order valence-electron chi connectivity index (χ3n) is 2.65. The normalized spacial score (nSPS) is 12.1. The van der Waals surface area contributed by atoms with Crippen LogP contribution in [0.4, 0.5) is 11.5 Å². The van der Waals surface area contributed by atoms with E-state index in [0.717, 1.165) is 0 Å². The summed E-state index contributed by atoms with van der Waals surface area (Å²) in [7, 11) is 0. The Balaban J connectivity index is 2.02. The molecule has 0 spiro atoms. The van der Waals surface area contributed by atoms with E-state index in [2.05, 4.69) is 20.4 Å². The Morgan fingerprint density at radius 2 is 2.38 bits per heavy atom. The van der Waals surface area contributed by atoms with Crippen LogP contribution in [0.15, 0.2) is 22.9 Å². The van der Waals surface area contributed by atoms with Gasteiger partial charge < -0.3 is 14.6 Å². The van der Waals surface area contributed by atoms with Gasteiger partial charge in [0, 0.05) is 18.9 Å². The summed E-state index contributed by atoms with van der Waals surface area (Å²) in [4.78, 5) is 18.4. The summed E-state index contributed by atoms with van der Waals surface area (Å²) in [5.74, 6) is 0.890. The zero-order valence-electron chi connectivity index (χ0n) is 11.6. The smallest absolute Gasteiger partial charge is 0.311 e. The monoisotopic (exact) mass is 293 g/mol. The summed E-state index contributed by atoms with van der Waals surface area (Å²) in [5, 5.41) is 17.5. The number of aromatic nitrogens is 3. The van der Waals surface area contributed by atoms with Crippen molar-refractivity contribution in [3.63, 3.8) is 0 Å². The van der Waals surface area contributed by atoms with Gasteiger partial charge in [-0.2, -0.15) is 4.98 Å². The average molecular weight is 293 g/mol. The van der Waals surface area contributed by atoms with E-state index in [1.54, 1.807) is 0 Å². The van der Waals surface area contributed by atoms with Crippen LogP contribution in [0.25, 0.3) is 0 Å². The molecule has 0 aliphatic rings. The maximum absolute atomic E-state index is 10.9. The van der Waals surface area contributed by atoms with Gasteiger partial charge in [0.1, 0.15) is 6.10 Å². The lowest BCUT2D eigenvalue weighted by Gasteiger charge is -2.05. The molecule has 9 nitrogen and oxygen atoms in total. The lowest BCUT2D eigenvalue weighted by atomic mass is 10.4. The minimum absolute atomic E-state index is 0.111. The third kappa shape index (κ3) is 3.72. The Morgan fingerprint density at radius 3 is 3.10 bits per heavy atom. The van der Waals surface area contributed by atoms with Gasteiger partial charge in [-0.3, -0.25) is 10.1 Å². The minimum Gasteiger partial charge on any atom is -0.371 e. The number of nitro groups is 1. The molecule has 2 aromatic rings. The zero-order valence-corrected chi connectivity index (χ0v) is 11.6. The van der Waals surface area contributed by atoms with Crippen LogP contribution in [-0.4, -0.2) is 26.7 Å². The molecule has 21 heavy (non-hydrogen) atoms. The van der Waals surface area contributed by atoms with Crippen molar-refractivity contribution in [2.75, 3.05) is 11.9 Å². The predicted octanol–water partition coefficient (Wildman–Crippen LogP) is 2.08. The molecule has 0 bridgehead atoms. The Labute approximate surface area is 120 Å². The molecular formula is C12H15N5O4. The van der Waals surface area contributed by atoms with E-state index in [0.29, 0.717) is 18.3 Å². The van der Waals surface area contributed by atoms with Gasteiger partial charge >= 0.3 is 5.69 Å². The van der Waals surface area contributed by atoms with Crippen LogP contribution in [0.3, 0.4) is 0 Å². The molecule has 1 N–H and O–H groups in total. The molecule has 2 rings (SSSR count). The second kappa shape index (κ2) is 6.75. The van der Waals surface area contributed by atoms with E-state index in [1.807, 2.05) is 13.8 Å². The largest absolute Gasteiger partial charge is 0.371 e. The molecule has 0 saturated heterocycles. The maximum Gasteiger partial charge on any atom is 0.311 e. The third-order valence-corrected chi connectivity index (χ3v) is 2.65. The summed E-state index contributed by atoms with van der Waals surface area (Å²) in [6.45, 7) is 4.38. The van der Waals surface area contributed by atoms with Crippen LogP contribution in [0.5, 0.6) is 0 Å². The number of nitrogens with zero attached hydrogens (tertiary/aromatic N) is 4. The van der Waals surface area contributed by atoms with Crippen molar-refractivity contribution >= 4 is 11.5 Å². The van der Waals surface area contributed by atoms with E-state index in [1.165, 1.54) is 18.3 Å². The van der Waals surface area contributed by atoms with Crippen molar-refractivity contribution < 1.29 is 14.2 Å². The van der Waals surface area contributed by atoms with Gasteiger partial charge in [0.05, 0.1) is 11.5 Å². The second-order valence-corrected chi connectivity index (χ2v) is 4.13. The topological polar surface area (TPSA) is 116 Å². The Bertz CT molecular complexity index is 615. The van der Waals surface area contributed by atoms with Gasteiger partial charge in [-0.25, -0.2) is 4.98 Å². The molecule has 0 fully saturated rings. The lowest BCUT2D eigenvalue weighted by Crippen LogP contribution is -2.05. The molecule has 0 radical (unpaired) electrons. The molecular weight excluding hydrogens is 278 g/mol. The first-order valence-corrected chi connectivity index (χ1v) is 6.39. The van der Waals surface area contributed by atoms with Gasteiger partial charge in [-0.05, 0) is 19.9 Å². The van der Waals surface area contributed by atoms with E-state index < -0.39 is 4.92 Å². The van der Waals surface area contributed by atoms with E-state index >= 15 is 0 Å². The van der Waals surface area contributed by atoms with Gasteiger partial charge in [-0.1, -0.05) is 5.16 Å². The highest BCUT2D eigenvalue weighted by atomic mass is 16.6. The number of hydrogen-bond acceptors (Lipinski definition) is 8. The SMILES string of the molecule is CCO[C@H](C)c1noc(CNc2ncccc2[N+](=O)[O-])n1. The molecule has 9 heteroatoms. The van der Waals surface area contributed by atoms with Crippen LogP contribution in [0, 0.1) is 10.1 Å². The summed E-state index contributed by atoms with van der Waals surface area (Å²) in [5.41, 5.74) is -0.111. The van der Waals surface area contributed by atoms with E-state index in [9.17, 15) is 10.1 Å². The Morgan fingerprint density at radius 1 is 1.57 bits per heavy atom. The number of nitrogens with one attached hydrogen (secondary N) is 1. The first kappa shape index (κ1) is 14.9. The molecule has 2 aromatic heterocycles. The fraction of sp³-hybridized carbons (Fsp3) is 0.417. The highest BCUT2D eigenvalue weighted by Crippen LogP contribution is 2.21. The lowest BCUT2D eigenvalue weighted by molar-refractivity contribution is -0.384. The molecule has 0 aromatic carbocycles. The van der Waals surface area contributed by atoms with Gasteiger partial charge in [-0.15, -0.1) is 0 Å². The van der Waals surface area contributed by atoms with Crippen molar-refractivity contribution in [3.05, 3.63) is 40.2 Å². The Kier molecular flexibility index (Phi) is 4.77. The molecule has 0 aliphatic carbocycles. The summed E-state index contributed by atoms with van der Waals surface area (Å²) < 4.78 is 10.4. The quantitative estimate of drug-likeness (QED) is 0.609. The maximum atomic E-state index is 10.9. The number of ether oxygens (including phenoxy) is 1. The molecule has 1 atom stereocenters. The summed E-state index contributed by atoms with van der Waals surface area (Å²) >= 11 is 0. The van der Waals surface area contributed by atoms with Gasteiger partial charge in [0.2, 0.25) is 11.7 Å². The van der Waals surface area contributed by atoms with Crippen molar-refractivity contribution in [3.8, 4) is 0 Å². The van der Waals surface area contributed by atoms with Crippen molar-refractivity contribution in [2.45, 2.75) is 26.5 Å². The zero-order chi connectivity index (χ0) is 15.2. The van der Waals surface area contributed by atoms with Crippen LogP contribution < -0.4 is 5.32 Å². The molecule has 0 saturated carbocycles. The first-order chi connectivity index (χ1) is 10.1. The van der Waals surface area contributed by atoms with E-state index in [-0.39, 0.29) is 24.2 Å². The highest BCUT2D eigenvalue weighted by molar-refractivity contribution is 5.54. The molecule has 2 heterocycles. The van der Waals surface area contributed by atoms with Crippen molar-refractivity contribution in [1.29, 1.82) is 0 Å². The number of hydrogen-bond donors (Lipinski definition) is 1. The van der Waals surface area contributed by atoms with Crippen LogP contribution in [0.2, 0.25) is 0 Å². The van der Waals surface area contributed by atoms with Crippen molar-refractivity contribution in [1.82, 2.24) is 15.1 Å². The predicted molar refractivity (Wildman–Crippen MR) is 72.6 cm³/mol. The average Bonchev–Trinajstić information content (AvgIpc) is 2.94. The Hall–Kier alpha value is -2.55. The number of anilines is 1. The highest BCUT2D eigenvalue weighted by Gasteiger charge is 2.16. The standard InChI is InChI=1S/C12H15N5O4/c1-3-20-8(2)11-15-10(21-16-11)7-14-12-9(17(18)19)5-4-6-13-12/h4-6,8H,3,7H2,1-2H3,(H,13,14)/t8-/m1/s1. The number of rotatable bonds is 7. The van der Waals surface area contributed by atoms with Crippen molar-refractivity contribution in [2.24, 2.45) is 0 Å². The van der Waals surface area contributed by atoms with Gasteiger partial charge in [0.25, 0.3) is 0 Å². The minimum atomic E-state index is -0.508. The fourth-order valence-corrected chi connectivity index (χ4v) is 1.67. The molecule has 112 valence electrons. The van der Waals surface area contributed by atoms with E-state index in [4.69, 9.17) is 9.26 Å². The molecule has 0 amide bonds. The first-order valence-electron chi connectivity index (χ1n) is 6.39. The summed E-state index contributed by atoms with van der Waals surface area (Å²) in [6.07, 6.45) is 1.20. The van der Waals surface area contributed by atoms with Crippen LogP contribution >= 0.6 is 0 Å². The van der Waals surface area contributed by atoms with Crippen LogP contribution in [-0.2, 0) is 11.3 Å². The fourth-order valence-electron chi connectivity index (χ4n) is 1.67.